The van der Waals surface area contributed by atoms with Gasteiger partial charge in [-0.05, 0) is 13.8 Å². The Morgan fingerprint density at radius 2 is 1.03 bits per heavy atom. The van der Waals surface area contributed by atoms with Gasteiger partial charge in [0.1, 0.15) is 38.6 Å². The first kappa shape index (κ1) is 26.0. The van der Waals surface area contributed by atoms with Gasteiger partial charge in [0.15, 0.2) is 0 Å². The molecule has 0 rings (SSSR count). The van der Waals surface area contributed by atoms with E-state index in [0.717, 1.165) is 0 Å². The predicted molar refractivity (Wildman–Crippen MR) is 99.2 cm³/mol. The summed E-state index contributed by atoms with van der Waals surface area (Å²) in [5.41, 5.74) is 0.0626. The van der Waals surface area contributed by atoms with Crippen LogP contribution in [0.15, 0.2) is 36.5 Å². The molecule has 0 aliphatic rings. The van der Waals surface area contributed by atoms with Gasteiger partial charge in [0.2, 0.25) is 0 Å². The van der Waals surface area contributed by atoms with Crippen molar-refractivity contribution in [3.05, 3.63) is 36.5 Å². The van der Waals surface area contributed by atoms with Crippen LogP contribution in [0.2, 0.25) is 0 Å². The quantitative estimate of drug-likeness (QED) is 0.239. The van der Waals surface area contributed by atoms with E-state index in [4.69, 9.17) is 9.47 Å². The Morgan fingerprint density at radius 1 is 0.690 bits per heavy atom. The lowest BCUT2D eigenvalue weighted by molar-refractivity contribution is -0.153. The molecule has 29 heavy (non-hydrogen) atoms. The number of ether oxygens (including phenoxy) is 4. The van der Waals surface area contributed by atoms with Gasteiger partial charge >= 0.3 is 23.9 Å². The molecule has 0 aromatic heterocycles. The van der Waals surface area contributed by atoms with Gasteiger partial charge in [-0.1, -0.05) is 19.7 Å². The summed E-state index contributed by atoms with van der Waals surface area (Å²) in [7, 11) is 0. The van der Waals surface area contributed by atoms with Crippen molar-refractivity contribution in [3.8, 4) is 0 Å². The number of carbonyl (C=O) groups excluding carboxylic acids is 4. The molecule has 10 heteroatoms. The summed E-state index contributed by atoms with van der Waals surface area (Å²) < 4.78 is 18.9. The Balaban J connectivity index is 4.11. The lowest BCUT2D eigenvalue weighted by Crippen LogP contribution is -2.27. The van der Waals surface area contributed by atoms with Crippen LogP contribution in [0.5, 0.6) is 0 Å². The van der Waals surface area contributed by atoms with Crippen molar-refractivity contribution < 1.29 is 48.3 Å². The summed E-state index contributed by atoms with van der Waals surface area (Å²) in [6.45, 7) is 11.3. The van der Waals surface area contributed by atoms with E-state index in [0.29, 0.717) is 0 Å². The van der Waals surface area contributed by atoms with Crippen molar-refractivity contribution in [3.63, 3.8) is 0 Å². The highest BCUT2D eigenvalue weighted by molar-refractivity contribution is 5.93. The maximum Gasteiger partial charge on any atom is 0.334 e. The Labute approximate surface area is 168 Å². The van der Waals surface area contributed by atoms with Gasteiger partial charge < -0.3 is 29.2 Å². The molecule has 0 radical (unpaired) electrons. The first-order chi connectivity index (χ1) is 13.4. The molecule has 0 aromatic carbocycles. The van der Waals surface area contributed by atoms with Crippen molar-refractivity contribution in [2.24, 2.45) is 0 Å². The Kier molecular flexibility index (Phi) is 11.9. The predicted octanol–water partition coefficient (Wildman–Crippen LogP) is -0.0205. The van der Waals surface area contributed by atoms with Gasteiger partial charge in [-0.2, -0.15) is 0 Å². The maximum atomic E-state index is 11.7. The number of rotatable bonds is 13. The monoisotopic (exact) mass is 414 g/mol. The third kappa shape index (κ3) is 12.2. The van der Waals surface area contributed by atoms with Gasteiger partial charge in [-0.25, -0.2) is 14.4 Å². The number of hydrogen-bond acceptors (Lipinski definition) is 10. The smallest absolute Gasteiger partial charge is 0.334 e. The molecule has 0 fully saturated rings. The fourth-order valence-electron chi connectivity index (χ4n) is 1.45. The molecule has 0 heterocycles. The van der Waals surface area contributed by atoms with Gasteiger partial charge in [0, 0.05) is 16.7 Å². The average Bonchev–Trinajstić information content (AvgIpc) is 2.65. The third-order valence-electron chi connectivity index (χ3n) is 3.00. The fraction of sp³-hybridized carbons (Fsp3) is 0.474. The molecule has 0 saturated carbocycles. The molecular formula is C19H26O10. The number of hydrogen-bond donors (Lipinski definition) is 2. The second kappa shape index (κ2) is 13.2. The molecule has 0 aliphatic heterocycles. The molecule has 162 valence electrons. The molecule has 2 N–H and O–H groups in total. The minimum Gasteiger partial charge on any atom is -0.463 e. The topological polar surface area (TPSA) is 146 Å². The van der Waals surface area contributed by atoms with Crippen molar-refractivity contribution in [1.82, 2.24) is 0 Å². The maximum absolute atomic E-state index is 11.7. The van der Waals surface area contributed by atoms with Crippen LogP contribution in [0.4, 0.5) is 0 Å². The van der Waals surface area contributed by atoms with Crippen molar-refractivity contribution in [1.29, 1.82) is 0 Å². The molecule has 0 bridgehead atoms. The minimum atomic E-state index is -1.26. The molecule has 2 unspecified atom stereocenters. The molecule has 0 saturated heterocycles. The van der Waals surface area contributed by atoms with Crippen molar-refractivity contribution in [2.75, 3.05) is 26.4 Å². The van der Waals surface area contributed by atoms with E-state index in [9.17, 15) is 29.4 Å². The summed E-state index contributed by atoms with van der Waals surface area (Å²) in [6.07, 6.45) is -3.03. The SMILES string of the molecule is C=C(C)C(=O)OCC(O)COC(=O)CC(=C)C(=O)OCC(O)COC(=O)C(=C)C. The van der Waals surface area contributed by atoms with Crippen LogP contribution in [-0.4, -0.2) is 72.7 Å². The van der Waals surface area contributed by atoms with Gasteiger partial charge in [0.05, 0.1) is 6.42 Å². The largest absolute Gasteiger partial charge is 0.463 e. The van der Waals surface area contributed by atoms with E-state index < -0.39 is 68.9 Å². The van der Waals surface area contributed by atoms with Crippen LogP contribution < -0.4 is 0 Å². The summed E-state index contributed by atoms with van der Waals surface area (Å²) in [4.78, 5) is 45.7. The summed E-state index contributed by atoms with van der Waals surface area (Å²) in [6, 6.07) is 0. The third-order valence-corrected chi connectivity index (χ3v) is 3.00. The first-order valence-corrected chi connectivity index (χ1v) is 8.45. The minimum absolute atomic E-state index is 0.153. The lowest BCUT2D eigenvalue weighted by Gasteiger charge is -2.13. The van der Waals surface area contributed by atoms with Gasteiger partial charge in [0.25, 0.3) is 0 Å². The standard InChI is InChI=1S/C19H26O10/c1-11(2)17(23)27-8-14(20)7-26-16(22)6-13(5)19(25)29-10-15(21)9-28-18(24)12(3)4/h14-15,20-21H,1,3,5-10H2,2,4H3. The van der Waals surface area contributed by atoms with E-state index in [2.05, 4.69) is 29.2 Å². The van der Waals surface area contributed by atoms with Crippen LogP contribution in [0, 0.1) is 0 Å². The van der Waals surface area contributed by atoms with Crippen LogP contribution in [0.25, 0.3) is 0 Å². The number of carbonyl (C=O) groups is 4. The zero-order chi connectivity index (χ0) is 22.6. The molecule has 2 atom stereocenters. The second-order valence-corrected chi connectivity index (χ2v) is 6.13. The highest BCUT2D eigenvalue weighted by atomic mass is 16.6. The Morgan fingerprint density at radius 3 is 1.41 bits per heavy atom. The molecule has 10 nitrogen and oxygen atoms in total. The average molecular weight is 414 g/mol. The zero-order valence-electron chi connectivity index (χ0n) is 16.5. The van der Waals surface area contributed by atoms with Gasteiger partial charge in [-0.3, -0.25) is 4.79 Å². The number of aliphatic hydroxyl groups is 2. The molecule has 0 aliphatic carbocycles. The normalized spacial score (nSPS) is 12.1. The second-order valence-electron chi connectivity index (χ2n) is 6.13. The van der Waals surface area contributed by atoms with Crippen molar-refractivity contribution >= 4 is 23.9 Å². The number of aliphatic hydroxyl groups excluding tert-OH is 2. The highest BCUT2D eigenvalue weighted by Crippen LogP contribution is 2.05. The van der Waals surface area contributed by atoms with Crippen molar-refractivity contribution in [2.45, 2.75) is 32.5 Å². The lowest BCUT2D eigenvalue weighted by atomic mass is 10.2. The molecule has 0 aromatic rings. The van der Waals surface area contributed by atoms with Gasteiger partial charge in [-0.15, -0.1) is 0 Å². The molecule has 0 amide bonds. The Bertz CT molecular complexity index is 664. The van der Waals surface area contributed by atoms with Crippen LogP contribution in [-0.2, 0) is 38.1 Å². The molecule has 0 spiro atoms. The van der Waals surface area contributed by atoms with E-state index in [-0.39, 0.29) is 16.7 Å². The van der Waals surface area contributed by atoms with E-state index in [1.165, 1.54) is 13.8 Å². The highest BCUT2D eigenvalue weighted by Gasteiger charge is 2.18. The summed E-state index contributed by atoms with van der Waals surface area (Å²) in [5, 5.41) is 19.2. The fourth-order valence-corrected chi connectivity index (χ4v) is 1.45. The van der Waals surface area contributed by atoms with Crippen LogP contribution in [0.3, 0.4) is 0 Å². The van der Waals surface area contributed by atoms with Crippen LogP contribution in [0.1, 0.15) is 20.3 Å². The number of esters is 4. The summed E-state index contributed by atoms with van der Waals surface area (Å²) in [5.74, 6) is -3.21. The van der Waals surface area contributed by atoms with E-state index >= 15 is 0 Å². The first-order valence-electron chi connectivity index (χ1n) is 8.45. The zero-order valence-corrected chi connectivity index (χ0v) is 16.5. The van der Waals surface area contributed by atoms with E-state index in [1.54, 1.807) is 0 Å². The van der Waals surface area contributed by atoms with E-state index in [1.807, 2.05) is 0 Å². The molecular weight excluding hydrogens is 388 g/mol. The van der Waals surface area contributed by atoms with Crippen LogP contribution >= 0.6 is 0 Å². The Hall–Kier alpha value is -2.98. The summed E-state index contributed by atoms with van der Waals surface area (Å²) >= 11 is 0.